The number of nitrogens with one attached hydrogen (secondary N) is 1. The van der Waals surface area contributed by atoms with Crippen LogP contribution in [0.1, 0.15) is 19.4 Å². The quantitative estimate of drug-likeness (QED) is 0.689. The Balaban J connectivity index is 1.87. The normalized spacial score (nSPS) is 11.4. The average molecular weight is 411 g/mol. The van der Waals surface area contributed by atoms with Gasteiger partial charge in [-0.1, -0.05) is 37.6 Å². The molecule has 2 rings (SSSR count). The van der Waals surface area contributed by atoms with Gasteiger partial charge in [0.2, 0.25) is 10.0 Å². The third-order valence-corrected chi connectivity index (χ3v) is 6.26. The number of hydrogen-bond donors (Lipinski definition) is 1. The van der Waals surface area contributed by atoms with Crippen LogP contribution < -0.4 is 10.1 Å². The van der Waals surface area contributed by atoms with Crippen LogP contribution in [0.5, 0.6) is 5.75 Å². The third kappa shape index (κ3) is 5.95. The molecule has 0 heterocycles. The summed E-state index contributed by atoms with van der Waals surface area (Å²) in [4.78, 5) is 12.1. The van der Waals surface area contributed by atoms with E-state index >= 15 is 0 Å². The zero-order valence-electron chi connectivity index (χ0n) is 15.3. The predicted molar refractivity (Wildman–Crippen MR) is 105 cm³/mol. The number of ether oxygens (including phenoxy) is 1. The van der Waals surface area contributed by atoms with Gasteiger partial charge in [0.15, 0.2) is 6.61 Å². The molecule has 2 aromatic rings. The summed E-state index contributed by atoms with van der Waals surface area (Å²) in [5.41, 5.74) is 0.799. The molecular weight excluding hydrogens is 388 g/mol. The maximum atomic E-state index is 12.4. The molecule has 0 unspecified atom stereocenters. The third-order valence-electron chi connectivity index (χ3n) is 3.94. The Labute approximate surface area is 165 Å². The van der Waals surface area contributed by atoms with Crippen LogP contribution >= 0.6 is 11.6 Å². The molecule has 0 aromatic heterocycles. The zero-order chi connectivity index (χ0) is 19.9. The molecule has 6 nitrogen and oxygen atoms in total. The molecule has 146 valence electrons. The Bertz CT molecular complexity index is 848. The van der Waals surface area contributed by atoms with Crippen LogP contribution in [-0.4, -0.2) is 38.3 Å². The Morgan fingerprint density at radius 2 is 1.63 bits per heavy atom. The fourth-order valence-corrected chi connectivity index (χ4v) is 4.01. The van der Waals surface area contributed by atoms with Crippen molar-refractivity contribution in [3.8, 4) is 5.75 Å². The first-order chi connectivity index (χ1) is 12.9. The molecule has 2 aromatic carbocycles. The Kier molecular flexibility index (Phi) is 7.65. The molecule has 0 aliphatic rings. The maximum Gasteiger partial charge on any atom is 0.258 e. The number of halogens is 1. The zero-order valence-corrected chi connectivity index (χ0v) is 16.9. The SMILES string of the molecule is CCN(CC)S(=O)(=O)c1ccc(CNC(=O)COc2ccc(Cl)cc2)cc1. The predicted octanol–water partition coefficient (Wildman–Crippen LogP) is 3.07. The van der Waals surface area contributed by atoms with Crippen molar-refractivity contribution in [1.82, 2.24) is 9.62 Å². The van der Waals surface area contributed by atoms with Crippen molar-refractivity contribution in [3.05, 3.63) is 59.1 Å². The van der Waals surface area contributed by atoms with Crippen molar-refractivity contribution >= 4 is 27.5 Å². The number of carbonyl (C=O) groups is 1. The molecule has 0 aliphatic heterocycles. The highest BCUT2D eigenvalue weighted by Gasteiger charge is 2.21. The number of nitrogens with zero attached hydrogens (tertiary/aromatic N) is 1. The summed E-state index contributed by atoms with van der Waals surface area (Å²) >= 11 is 5.79. The van der Waals surface area contributed by atoms with Gasteiger partial charge >= 0.3 is 0 Å². The maximum absolute atomic E-state index is 12.4. The van der Waals surface area contributed by atoms with Crippen molar-refractivity contribution in [2.75, 3.05) is 19.7 Å². The van der Waals surface area contributed by atoms with E-state index in [1.807, 2.05) is 0 Å². The van der Waals surface area contributed by atoms with E-state index in [1.165, 1.54) is 4.31 Å². The van der Waals surface area contributed by atoms with Gasteiger partial charge in [-0.3, -0.25) is 4.79 Å². The molecule has 0 bridgehead atoms. The first kappa shape index (κ1) is 21.2. The lowest BCUT2D eigenvalue weighted by Crippen LogP contribution is -2.30. The van der Waals surface area contributed by atoms with Gasteiger partial charge in [-0.05, 0) is 42.0 Å². The summed E-state index contributed by atoms with van der Waals surface area (Å²) in [6.45, 7) is 4.62. The highest BCUT2D eigenvalue weighted by molar-refractivity contribution is 7.89. The van der Waals surface area contributed by atoms with Crippen LogP contribution in [0.25, 0.3) is 0 Å². The number of amides is 1. The second kappa shape index (κ2) is 9.73. The van der Waals surface area contributed by atoms with Crippen LogP contribution in [0, 0.1) is 0 Å². The van der Waals surface area contributed by atoms with Gasteiger partial charge in [0.25, 0.3) is 5.91 Å². The molecule has 1 N–H and O–H groups in total. The van der Waals surface area contributed by atoms with Crippen LogP contribution in [0.4, 0.5) is 0 Å². The molecule has 0 spiro atoms. The summed E-state index contributed by atoms with van der Waals surface area (Å²) in [5.74, 6) is 0.283. The van der Waals surface area contributed by atoms with Crippen molar-refractivity contribution in [3.63, 3.8) is 0 Å². The topological polar surface area (TPSA) is 75.7 Å². The van der Waals surface area contributed by atoms with Crippen molar-refractivity contribution in [1.29, 1.82) is 0 Å². The number of hydrogen-bond acceptors (Lipinski definition) is 4. The van der Waals surface area contributed by atoms with Gasteiger partial charge in [0.1, 0.15) is 5.75 Å². The Morgan fingerprint density at radius 3 is 2.19 bits per heavy atom. The van der Waals surface area contributed by atoms with Crippen LogP contribution in [-0.2, 0) is 21.4 Å². The molecule has 1 amide bonds. The summed E-state index contributed by atoms with van der Waals surface area (Å²) < 4.78 is 31.7. The van der Waals surface area contributed by atoms with Crippen molar-refractivity contribution in [2.45, 2.75) is 25.3 Å². The van der Waals surface area contributed by atoms with Crippen molar-refractivity contribution in [2.24, 2.45) is 0 Å². The van der Waals surface area contributed by atoms with E-state index < -0.39 is 10.0 Å². The van der Waals surface area contributed by atoms with Crippen LogP contribution in [0.15, 0.2) is 53.4 Å². The highest BCUT2D eigenvalue weighted by Crippen LogP contribution is 2.17. The van der Waals surface area contributed by atoms with Crippen LogP contribution in [0.2, 0.25) is 5.02 Å². The molecule has 0 saturated carbocycles. The largest absolute Gasteiger partial charge is 0.484 e. The van der Waals surface area contributed by atoms with E-state index in [4.69, 9.17) is 16.3 Å². The lowest BCUT2D eigenvalue weighted by atomic mass is 10.2. The van der Waals surface area contributed by atoms with E-state index in [2.05, 4.69) is 5.32 Å². The second-order valence-electron chi connectivity index (χ2n) is 5.75. The Hall–Kier alpha value is -2.09. The fourth-order valence-electron chi connectivity index (χ4n) is 2.42. The minimum Gasteiger partial charge on any atom is -0.484 e. The summed E-state index contributed by atoms with van der Waals surface area (Å²) in [5, 5.41) is 3.33. The summed E-state index contributed by atoms with van der Waals surface area (Å²) in [6, 6.07) is 13.2. The fraction of sp³-hybridized carbons (Fsp3) is 0.316. The minimum absolute atomic E-state index is 0.115. The van der Waals surface area contributed by atoms with Crippen molar-refractivity contribution < 1.29 is 17.9 Å². The average Bonchev–Trinajstić information content (AvgIpc) is 2.67. The molecule has 8 heteroatoms. The van der Waals surface area contributed by atoms with Crippen LogP contribution in [0.3, 0.4) is 0 Å². The number of rotatable bonds is 9. The van der Waals surface area contributed by atoms with E-state index in [-0.39, 0.29) is 24.0 Å². The lowest BCUT2D eigenvalue weighted by Gasteiger charge is -2.18. The van der Waals surface area contributed by atoms with E-state index in [0.29, 0.717) is 23.9 Å². The summed E-state index contributed by atoms with van der Waals surface area (Å²) in [6.07, 6.45) is 0. The van der Waals surface area contributed by atoms with Gasteiger partial charge in [-0.2, -0.15) is 4.31 Å². The summed E-state index contributed by atoms with van der Waals surface area (Å²) in [7, 11) is -3.47. The molecule has 0 fully saturated rings. The monoisotopic (exact) mass is 410 g/mol. The smallest absolute Gasteiger partial charge is 0.258 e. The van der Waals surface area contributed by atoms with Gasteiger partial charge in [-0.15, -0.1) is 0 Å². The second-order valence-corrected chi connectivity index (χ2v) is 8.13. The first-order valence-corrected chi connectivity index (χ1v) is 10.4. The number of carbonyl (C=O) groups excluding carboxylic acids is 1. The van der Waals surface area contributed by atoms with Gasteiger partial charge in [-0.25, -0.2) is 8.42 Å². The Morgan fingerprint density at radius 1 is 1.04 bits per heavy atom. The molecular formula is C19H23ClN2O4S. The van der Waals surface area contributed by atoms with E-state index in [0.717, 1.165) is 5.56 Å². The highest BCUT2D eigenvalue weighted by atomic mass is 35.5. The molecule has 0 saturated heterocycles. The lowest BCUT2D eigenvalue weighted by molar-refractivity contribution is -0.123. The minimum atomic E-state index is -3.47. The van der Waals surface area contributed by atoms with Gasteiger partial charge < -0.3 is 10.1 Å². The molecule has 0 atom stereocenters. The van der Waals surface area contributed by atoms with E-state index in [1.54, 1.807) is 62.4 Å². The molecule has 0 radical (unpaired) electrons. The number of sulfonamides is 1. The van der Waals surface area contributed by atoms with Gasteiger partial charge in [0, 0.05) is 24.7 Å². The standard InChI is InChI=1S/C19H23ClN2O4S/c1-3-22(4-2)27(24,25)18-11-5-15(6-12-18)13-21-19(23)14-26-17-9-7-16(20)8-10-17/h5-12H,3-4,13-14H2,1-2H3,(H,21,23). The molecule has 0 aliphatic carbocycles. The van der Waals surface area contributed by atoms with Gasteiger partial charge in [0.05, 0.1) is 4.90 Å². The number of benzene rings is 2. The first-order valence-electron chi connectivity index (χ1n) is 8.61. The van der Waals surface area contributed by atoms with E-state index in [9.17, 15) is 13.2 Å². The molecule has 27 heavy (non-hydrogen) atoms.